The van der Waals surface area contributed by atoms with Crippen LogP contribution in [0.2, 0.25) is 0 Å². The smallest absolute Gasteiger partial charge is 0.254 e. The van der Waals surface area contributed by atoms with Gasteiger partial charge in [-0.15, -0.1) is 0 Å². The Morgan fingerprint density at radius 3 is 2.50 bits per heavy atom. The van der Waals surface area contributed by atoms with Crippen molar-refractivity contribution in [2.75, 3.05) is 33.3 Å². The standard InChI is InChI=1S/C30H35N3O3/c1-36-28-14-5-3-9-23(28)20-32-18-15-25(16-19-32)31-29(34)24-11-7-17-33(21-24)30(35)27-13-6-10-22-8-2-4-12-26(22)27/h2-6,8-10,12-14,24-25H,7,11,15-21H2,1H3,(H,31,34). The van der Waals surface area contributed by atoms with E-state index in [0.717, 1.165) is 67.4 Å². The highest BCUT2D eigenvalue weighted by atomic mass is 16.5. The molecule has 0 saturated carbocycles. The molecule has 5 rings (SSSR count). The molecule has 0 aromatic heterocycles. The van der Waals surface area contributed by atoms with E-state index in [4.69, 9.17) is 4.74 Å². The molecule has 1 unspecified atom stereocenters. The highest BCUT2D eigenvalue weighted by Crippen LogP contribution is 2.25. The monoisotopic (exact) mass is 485 g/mol. The molecule has 0 spiro atoms. The van der Waals surface area contributed by atoms with Crippen LogP contribution < -0.4 is 10.1 Å². The molecule has 6 heteroatoms. The van der Waals surface area contributed by atoms with Crippen molar-refractivity contribution in [3.63, 3.8) is 0 Å². The Labute approximate surface area is 213 Å². The van der Waals surface area contributed by atoms with E-state index in [1.165, 1.54) is 5.56 Å². The number of carbonyl (C=O) groups is 2. The summed E-state index contributed by atoms with van der Waals surface area (Å²) in [5.74, 6) is 0.889. The van der Waals surface area contributed by atoms with Crippen molar-refractivity contribution in [2.24, 2.45) is 5.92 Å². The van der Waals surface area contributed by atoms with Gasteiger partial charge in [-0.25, -0.2) is 0 Å². The lowest BCUT2D eigenvalue weighted by Crippen LogP contribution is -2.50. The van der Waals surface area contributed by atoms with Crippen LogP contribution >= 0.6 is 0 Å². The minimum absolute atomic E-state index is 0.0222. The Morgan fingerprint density at radius 1 is 0.917 bits per heavy atom. The number of piperidine rings is 2. The number of carbonyl (C=O) groups excluding carboxylic acids is 2. The first-order valence-electron chi connectivity index (χ1n) is 13.0. The van der Waals surface area contributed by atoms with Gasteiger partial charge in [0, 0.05) is 49.9 Å². The van der Waals surface area contributed by atoms with Crippen molar-refractivity contribution in [1.29, 1.82) is 0 Å². The molecule has 1 N–H and O–H groups in total. The van der Waals surface area contributed by atoms with Gasteiger partial charge in [0.2, 0.25) is 5.91 Å². The average Bonchev–Trinajstić information content (AvgIpc) is 2.93. The summed E-state index contributed by atoms with van der Waals surface area (Å²) in [5, 5.41) is 5.33. The topological polar surface area (TPSA) is 61.9 Å². The first-order valence-corrected chi connectivity index (χ1v) is 13.0. The van der Waals surface area contributed by atoms with Gasteiger partial charge in [0.1, 0.15) is 5.75 Å². The number of hydrogen-bond donors (Lipinski definition) is 1. The molecule has 2 saturated heterocycles. The van der Waals surface area contributed by atoms with Gasteiger partial charge < -0.3 is 15.0 Å². The van der Waals surface area contributed by atoms with Crippen molar-refractivity contribution in [2.45, 2.75) is 38.3 Å². The van der Waals surface area contributed by atoms with Crippen LogP contribution in [0.1, 0.15) is 41.6 Å². The summed E-state index contributed by atoms with van der Waals surface area (Å²) in [5.41, 5.74) is 1.91. The first-order chi connectivity index (χ1) is 17.6. The predicted octanol–water partition coefficient (Wildman–Crippen LogP) is 4.48. The maximum Gasteiger partial charge on any atom is 0.254 e. The van der Waals surface area contributed by atoms with E-state index in [1.54, 1.807) is 7.11 Å². The molecular formula is C30H35N3O3. The third-order valence-electron chi connectivity index (χ3n) is 7.62. The van der Waals surface area contributed by atoms with Gasteiger partial charge in [-0.2, -0.15) is 0 Å². The van der Waals surface area contributed by atoms with Crippen LogP contribution in [-0.2, 0) is 11.3 Å². The molecule has 2 aliphatic heterocycles. The maximum atomic E-state index is 13.4. The van der Waals surface area contributed by atoms with E-state index in [2.05, 4.69) is 16.3 Å². The summed E-state index contributed by atoms with van der Waals surface area (Å²) in [6.07, 6.45) is 3.56. The summed E-state index contributed by atoms with van der Waals surface area (Å²) in [7, 11) is 1.71. The Hall–Kier alpha value is -3.38. The fourth-order valence-corrected chi connectivity index (χ4v) is 5.59. The number of amides is 2. The Balaban J connectivity index is 1.15. The van der Waals surface area contributed by atoms with Crippen LogP contribution in [0.4, 0.5) is 0 Å². The lowest BCUT2D eigenvalue weighted by molar-refractivity contribution is -0.127. The molecule has 2 fully saturated rings. The van der Waals surface area contributed by atoms with Crippen LogP contribution in [0, 0.1) is 5.92 Å². The Bertz CT molecular complexity index is 1210. The number of ether oxygens (including phenoxy) is 1. The highest BCUT2D eigenvalue weighted by molar-refractivity contribution is 6.07. The van der Waals surface area contributed by atoms with Crippen LogP contribution in [0.3, 0.4) is 0 Å². The van der Waals surface area contributed by atoms with Crippen molar-refractivity contribution in [3.05, 3.63) is 77.9 Å². The van der Waals surface area contributed by atoms with E-state index < -0.39 is 0 Å². The van der Waals surface area contributed by atoms with Gasteiger partial charge in [0.15, 0.2) is 0 Å². The van der Waals surface area contributed by atoms with Crippen LogP contribution in [0.5, 0.6) is 5.75 Å². The summed E-state index contributed by atoms with van der Waals surface area (Å²) >= 11 is 0. The number of benzene rings is 3. The van der Waals surface area contributed by atoms with Gasteiger partial charge >= 0.3 is 0 Å². The number of rotatable bonds is 6. The number of hydrogen-bond acceptors (Lipinski definition) is 4. The van der Waals surface area contributed by atoms with Crippen molar-refractivity contribution >= 4 is 22.6 Å². The molecule has 2 heterocycles. The zero-order chi connectivity index (χ0) is 24.9. The minimum Gasteiger partial charge on any atom is -0.496 e. The van der Waals surface area contributed by atoms with Crippen LogP contribution in [-0.4, -0.2) is 60.9 Å². The number of para-hydroxylation sites is 1. The van der Waals surface area contributed by atoms with Crippen molar-refractivity contribution in [3.8, 4) is 5.75 Å². The first kappa shape index (κ1) is 24.3. The molecule has 3 aromatic carbocycles. The number of fused-ring (bicyclic) bond motifs is 1. The molecule has 0 bridgehead atoms. The van der Waals surface area contributed by atoms with Crippen LogP contribution in [0.25, 0.3) is 10.8 Å². The van der Waals surface area contributed by atoms with E-state index >= 15 is 0 Å². The fraction of sp³-hybridized carbons (Fsp3) is 0.400. The quantitative estimate of drug-likeness (QED) is 0.559. The normalized spacial score (nSPS) is 19.2. The molecule has 36 heavy (non-hydrogen) atoms. The van der Waals surface area contributed by atoms with Crippen molar-refractivity contribution < 1.29 is 14.3 Å². The summed E-state index contributed by atoms with van der Waals surface area (Å²) in [6.45, 7) is 3.94. The second-order valence-electron chi connectivity index (χ2n) is 9.99. The molecular weight excluding hydrogens is 450 g/mol. The summed E-state index contributed by atoms with van der Waals surface area (Å²) in [6, 6.07) is 22.2. The summed E-state index contributed by atoms with van der Waals surface area (Å²) in [4.78, 5) is 30.8. The zero-order valence-corrected chi connectivity index (χ0v) is 21.0. The largest absolute Gasteiger partial charge is 0.496 e. The number of likely N-dealkylation sites (tertiary alicyclic amines) is 2. The van der Waals surface area contributed by atoms with Gasteiger partial charge in [-0.3, -0.25) is 14.5 Å². The third kappa shape index (κ3) is 5.39. The van der Waals surface area contributed by atoms with Gasteiger partial charge in [0.05, 0.1) is 13.0 Å². The fourth-order valence-electron chi connectivity index (χ4n) is 5.59. The number of nitrogens with zero attached hydrogens (tertiary/aromatic N) is 2. The van der Waals surface area contributed by atoms with E-state index in [1.807, 2.05) is 65.6 Å². The molecule has 0 radical (unpaired) electrons. The van der Waals surface area contributed by atoms with Gasteiger partial charge in [0.25, 0.3) is 5.91 Å². The lowest BCUT2D eigenvalue weighted by Gasteiger charge is -2.35. The zero-order valence-electron chi connectivity index (χ0n) is 21.0. The molecule has 3 aromatic rings. The minimum atomic E-state index is -0.149. The van der Waals surface area contributed by atoms with E-state index in [9.17, 15) is 9.59 Å². The Kier molecular flexibility index (Phi) is 7.52. The lowest BCUT2D eigenvalue weighted by atomic mass is 9.94. The van der Waals surface area contributed by atoms with Gasteiger partial charge in [-0.05, 0) is 48.6 Å². The highest BCUT2D eigenvalue weighted by Gasteiger charge is 2.31. The van der Waals surface area contributed by atoms with Gasteiger partial charge in [-0.1, -0.05) is 54.6 Å². The summed E-state index contributed by atoms with van der Waals surface area (Å²) < 4.78 is 5.49. The molecule has 188 valence electrons. The Morgan fingerprint density at radius 2 is 1.67 bits per heavy atom. The third-order valence-corrected chi connectivity index (χ3v) is 7.62. The molecule has 1 atom stereocenters. The van der Waals surface area contributed by atoms with E-state index in [0.29, 0.717) is 13.1 Å². The SMILES string of the molecule is COc1ccccc1CN1CCC(NC(=O)C2CCCN(C(=O)c3cccc4ccccc34)C2)CC1. The maximum absolute atomic E-state index is 13.4. The van der Waals surface area contributed by atoms with Crippen molar-refractivity contribution in [1.82, 2.24) is 15.1 Å². The second-order valence-corrected chi connectivity index (χ2v) is 9.99. The molecule has 6 nitrogen and oxygen atoms in total. The molecule has 2 amide bonds. The number of methoxy groups -OCH3 is 1. The van der Waals surface area contributed by atoms with Crippen LogP contribution in [0.15, 0.2) is 66.7 Å². The molecule has 0 aliphatic carbocycles. The average molecular weight is 486 g/mol. The molecule has 2 aliphatic rings. The second kappa shape index (κ2) is 11.1. The number of nitrogens with one attached hydrogen (secondary N) is 1. The predicted molar refractivity (Wildman–Crippen MR) is 142 cm³/mol. The van der Waals surface area contributed by atoms with E-state index in [-0.39, 0.29) is 23.8 Å².